The van der Waals surface area contributed by atoms with Gasteiger partial charge in [-0.3, -0.25) is 0 Å². The zero-order valence-corrected chi connectivity index (χ0v) is 20.5. The first-order valence-electron chi connectivity index (χ1n) is 9.82. The van der Waals surface area contributed by atoms with Crippen molar-refractivity contribution in [3.8, 4) is 43.8 Å². The molecule has 0 aliphatic heterocycles. The van der Waals surface area contributed by atoms with Crippen molar-refractivity contribution in [3.05, 3.63) is 69.4 Å². The smallest absolute Gasteiger partial charge is 0.131 e. The Morgan fingerprint density at radius 1 is 0.529 bits per heavy atom. The topological polar surface area (TPSA) is 95.2 Å². The van der Waals surface area contributed by atoms with E-state index in [0.717, 1.165) is 29.3 Å². The summed E-state index contributed by atoms with van der Waals surface area (Å²) < 4.78 is 2.47. The van der Waals surface area contributed by atoms with Crippen LogP contribution in [0.1, 0.15) is 9.75 Å². The summed E-state index contributed by atoms with van der Waals surface area (Å²) in [5, 5.41) is 38.3. The zero-order valence-electron chi connectivity index (χ0n) is 17.2. The summed E-state index contributed by atoms with van der Waals surface area (Å²) in [7, 11) is 0. The molecule has 0 unspecified atom stereocenters. The zero-order chi connectivity index (χ0) is 23.7. The van der Waals surface area contributed by atoms with Crippen molar-refractivity contribution < 1.29 is 0 Å². The van der Waals surface area contributed by atoms with Crippen molar-refractivity contribution in [1.82, 2.24) is 0 Å². The van der Waals surface area contributed by atoms with E-state index >= 15 is 0 Å². The van der Waals surface area contributed by atoms with Gasteiger partial charge in [0.05, 0.1) is 9.40 Å². The predicted molar refractivity (Wildman–Crippen MR) is 142 cm³/mol. The minimum absolute atomic E-state index is 0.0984. The van der Waals surface area contributed by atoms with Crippen LogP contribution in [0.25, 0.3) is 51.8 Å². The number of nitrogens with zero attached hydrogens (tertiary/aromatic N) is 4. The predicted octanol–water partition coefficient (Wildman–Crippen LogP) is 8.43. The Kier molecular flexibility index (Phi) is 5.83. The van der Waals surface area contributed by atoms with Gasteiger partial charge in [0.2, 0.25) is 0 Å². The number of thiophene rings is 4. The van der Waals surface area contributed by atoms with E-state index in [2.05, 4.69) is 24.3 Å². The van der Waals surface area contributed by atoms with E-state index in [1.54, 1.807) is 57.5 Å². The lowest BCUT2D eigenvalue weighted by atomic mass is 10.2. The van der Waals surface area contributed by atoms with Crippen molar-refractivity contribution >= 4 is 77.7 Å². The Balaban J connectivity index is 1.53. The molecule has 0 fully saturated rings. The molecule has 4 nitrogen and oxygen atoms in total. The first kappa shape index (κ1) is 21.8. The molecule has 0 aliphatic rings. The highest BCUT2D eigenvalue weighted by Crippen LogP contribution is 2.45. The van der Waals surface area contributed by atoms with Crippen LogP contribution in [0.15, 0.2) is 59.7 Å². The molecule has 158 valence electrons. The molecule has 0 saturated heterocycles. The molecule has 0 amide bonds. The van der Waals surface area contributed by atoms with E-state index in [-0.39, 0.29) is 11.1 Å². The summed E-state index contributed by atoms with van der Waals surface area (Å²) in [5.74, 6) is 0. The molecule has 5 aromatic rings. The molecule has 0 atom stereocenters. The minimum Gasteiger partial charge on any atom is -0.192 e. The van der Waals surface area contributed by atoms with Gasteiger partial charge in [0.1, 0.15) is 35.4 Å². The highest BCUT2D eigenvalue weighted by molar-refractivity contribution is 7.32. The molecule has 0 radical (unpaired) electrons. The van der Waals surface area contributed by atoms with Gasteiger partial charge in [-0.1, -0.05) is 12.1 Å². The van der Waals surface area contributed by atoms with Crippen molar-refractivity contribution in [2.24, 2.45) is 0 Å². The van der Waals surface area contributed by atoms with E-state index in [1.807, 2.05) is 48.5 Å². The number of hydrogen-bond acceptors (Lipinski definition) is 8. The van der Waals surface area contributed by atoms with Crippen LogP contribution >= 0.6 is 45.3 Å². The van der Waals surface area contributed by atoms with Crippen LogP contribution in [0.4, 0.5) is 0 Å². The standard InChI is InChI=1S/C26H10N4S4/c27-11-15(12-28)7-19-3-5-21(31-19)23-9-17-1-2-18-10-24(34-26(18)25(17)33-23)22-6-4-20(32-22)8-16(13-29)14-30/h1-10H. The van der Waals surface area contributed by atoms with Crippen molar-refractivity contribution in [2.45, 2.75) is 0 Å². The van der Waals surface area contributed by atoms with E-state index in [9.17, 15) is 0 Å². The largest absolute Gasteiger partial charge is 0.192 e. The Bertz CT molecular complexity index is 1640. The molecule has 4 aromatic heterocycles. The van der Waals surface area contributed by atoms with Gasteiger partial charge in [-0.05, 0) is 59.3 Å². The minimum atomic E-state index is 0.0984. The fraction of sp³-hybridized carbons (Fsp3) is 0. The molecule has 8 heteroatoms. The van der Waals surface area contributed by atoms with Gasteiger partial charge in [0, 0.05) is 29.3 Å². The van der Waals surface area contributed by atoms with Gasteiger partial charge in [-0.15, -0.1) is 45.3 Å². The van der Waals surface area contributed by atoms with Crippen molar-refractivity contribution in [3.63, 3.8) is 0 Å². The maximum Gasteiger partial charge on any atom is 0.131 e. The monoisotopic (exact) mass is 506 g/mol. The molecular formula is C26H10N4S4. The van der Waals surface area contributed by atoms with Gasteiger partial charge < -0.3 is 0 Å². The maximum atomic E-state index is 8.99. The summed E-state index contributed by atoms with van der Waals surface area (Å²) in [6.45, 7) is 0. The van der Waals surface area contributed by atoms with E-state index in [1.165, 1.54) is 20.2 Å². The summed E-state index contributed by atoms with van der Waals surface area (Å²) in [4.78, 5) is 6.28. The third-order valence-electron chi connectivity index (χ3n) is 4.96. The highest BCUT2D eigenvalue weighted by atomic mass is 32.1. The molecule has 0 N–H and O–H groups in total. The second-order valence-corrected chi connectivity index (χ2v) is 11.4. The Labute approximate surface area is 211 Å². The van der Waals surface area contributed by atoms with Gasteiger partial charge in [0.25, 0.3) is 0 Å². The Morgan fingerprint density at radius 3 is 1.32 bits per heavy atom. The molecule has 34 heavy (non-hydrogen) atoms. The molecular weight excluding hydrogens is 497 g/mol. The molecule has 0 saturated carbocycles. The fourth-order valence-corrected chi connectivity index (χ4v) is 7.96. The number of fused-ring (bicyclic) bond motifs is 3. The van der Waals surface area contributed by atoms with Crippen LogP contribution in [0.5, 0.6) is 0 Å². The van der Waals surface area contributed by atoms with E-state index in [0.29, 0.717) is 0 Å². The van der Waals surface area contributed by atoms with Crippen LogP contribution in [0, 0.1) is 45.3 Å². The quantitative estimate of drug-likeness (QED) is 0.228. The van der Waals surface area contributed by atoms with Crippen LogP contribution in [-0.2, 0) is 0 Å². The van der Waals surface area contributed by atoms with Crippen LogP contribution in [0.3, 0.4) is 0 Å². The fourth-order valence-electron chi connectivity index (χ4n) is 3.42. The SMILES string of the molecule is N#CC(C#N)=Cc1ccc(-c2cc3ccc4cc(-c5ccc(C=C(C#N)C#N)s5)sc4c3s2)s1. The molecule has 1 aromatic carbocycles. The maximum absolute atomic E-state index is 8.99. The Morgan fingerprint density at radius 2 is 0.941 bits per heavy atom. The first-order valence-corrected chi connectivity index (χ1v) is 13.1. The van der Waals surface area contributed by atoms with E-state index in [4.69, 9.17) is 21.0 Å². The number of benzene rings is 1. The number of nitriles is 4. The number of allylic oxidation sites excluding steroid dienone is 2. The summed E-state index contributed by atoms with van der Waals surface area (Å²) in [5.41, 5.74) is 0.197. The Hall–Kier alpha value is -4.02. The third-order valence-corrected chi connectivity index (χ3v) is 9.89. The lowest BCUT2D eigenvalue weighted by Gasteiger charge is -1.90. The van der Waals surface area contributed by atoms with Gasteiger partial charge >= 0.3 is 0 Å². The third kappa shape index (κ3) is 4.04. The second kappa shape index (κ2) is 9.08. The average Bonchev–Trinajstić information content (AvgIpc) is 3.64. The highest BCUT2D eigenvalue weighted by Gasteiger charge is 2.14. The normalized spacial score (nSPS) is 10.2. The lowest BCUT2D eigenvalue weighted by Crippen LogP contribution is -1.68. The summed E-state index contributed by atoms with van der Waals surface area (Å²) in [6, 6.07) is 24.2. The van der Waals surface area contributed by atoms with Gasteiger partial charge in [0.15, 0.2) is 0 Å². The van der Waals surface area contributed by atoms with Gasteiger partial charge in [-0.2, -0.15) is 21.0 Å². The van der Waals surface area contributed by atoms with Gasteiger partial charge in [-0.25, -0.2) is 0 Å². The molecule has 5 rings (SSSR count). The summed E-state index contributed by atoms with van der Waals surface area (Å²) >= 11 is 6.62. The molecule has 0 bridgehead atoms. The average molecular weight is 507 g/mol. The van der Waals surface area contributed by atoms with Crippen LogP contribution in [-0.4, -0.2) is 0 Å². The molecule has 4 heterocycles. The van der Waals surface area contributed by atoms with E-state index < -0.39 is 0 Å². The summed E-state index contributed by atoms with van der Waals surface area (Å²) in [6.07, 6.45) is 3.23. The van der Waals surface area contributed by atoms with Crippen LogP contribution < -0.4 is 0 Å². The molecule has 0 aliphatic carbocycles. The lowest BCUT2D eigenvalue weighted by molar-refractivity contribution is 1.47. The number of rotatable bonds is 4. The molecule has 0 spiro atoms. The van der Waals surface area contributed by atoms with Crippen molar-refractivity contribution in [2.75, 3.05) is 0 Å². The van der Waals surface area contributed by atoms with Crippen molar-refractivity contribution in [1.29, 1.82) is 21.0 Å². The second-order valence-electron chi connectivity index (χ2n) is 7.09. The van der Waals surface area contributed by atoms with Crippen LogP contribution in [0.2, 0.25) is 0 Å². The first-order chi connectivity index (χ1) is 16.6. The number of hydrogen-bond donors (Lipinski definition) is 0.